The minimum atomic E-state index is 0.823. The zero-order chi connectivity index (χ0) is 17.9. The average Bonchev–Trinajstić information content (AvgIpc) is 3.03. The largest absolute Gasteiger partial charge is 0.300 e. The van der Waals surface area contributed by atoms with Crippen LogP contribution in [0.1, 0.15) is 25.3 Å². The number of rotatable bonds is 6. The maximum atomic E-state index is 6.14. The standard InChI is InChI=1S/C21H25ClN4/c1-2-3-12-25-15-24(13-11-17-7-6-8-18(22)14-17)16-26-20-10-5-4-9-19(20)23-21(25)26/h4-10,14H,2-3,11-13,15-16H2,1H3/p+1. The molecule has 0 saturated heterocycles. The van der Waals surface area contributed by atoms with Gasteiger partial charge in [-0.1, -0.05) is 49.2 Å². The van der Waals surface area contributed by atoms with Gasteiger partial charge < -0.3 is 4.90 Å². The lowest BCUT2D eigenvalue weighted by atomic mass is 10.1. The molecule has 1 atom stereocenters. The lowest BCUT2D eigenvalue weighted by Gasteiger charge is -2.34. The first-order valence-corrected chi connectivity index (χ1v) is 9.90. The zero-order valence-electron chi connectivity index (χ0n) is 15.3. The molecule has 0 aliphatic carbocycles. The molecule has 1 aliphatic heterocycles. The maximum Gasteiger partial charge on any atom is 0.215 e. The Kier molecular flexibility index (Phi) is 5.14. The summed E-state index contributed by atoms with van der Waals surface area (Å²) in [6.07, 6.45) is 3.44. The highest BCUT2D eigenvalue weighted by Crippen LogP contribution is 2.23. The van der Waals surface area contributed by atoms with Crippen molar-refractivity contribution in [1.29, 1.82) is 0 Å². The summed E-state index contributed by atoms with van der Waals surface area (Å²) < 4.78 is 2.39. The van der Waals surface area contributed by atoms with Gasteiger partial charge in [-0.3, -0.25) is 9.47 Å². The first kappa shape index (κ1) is 17.4. The molecule has 1 aromatic heterocycles. The van der Waals surface area contributed by atoms with Crippen molar-refractivity contribution in [3.8, 4) is 0 Å². The number of aromatic nitrogens is 2. The molecule has 3 aromatic rings. The number of hydrogen-bond acceptors (Lipinski definition) is 2. The van der Waals surface area contributed by atoms with Crippen LogP contribution in [0.4, 0.5) is 5.95 Å². The van der Waals surface area contributed by atoms with Crippen LogP contribution in [0.5, 0.6) is 0 Å². The summed E-state index contributed by atoms with van der Waals surface area (Å²) in [5.41, 5.74) is 3.65. The lowest BCUT2D eigenvalue weighted by Crippen LogP contribution is -3.14. The monoisotopic (exact) mass is 369 g/mol. The van der Waals surface area contributed by atoms with Crippen LogP contribution in [-0.2, 0) is 13.1 Å². The number of imidazole rings is 1. The van der Waals surface area contributed by atoms with E-state index in [4.69, 9.17) is 16.6 Å². The Morgan fingerprint density at radius 2 is 2.00 bits per heavy atom. The molecule has 4 rings (SSSR count). The highest BCUT2D eigenvalue weighted by Gasteiger charge is 2.27. The third-order valence-electron chi connectivity index (χ3n) is 5.15. The van der Waals surface area contributed by atoms with E-state index in [0.717, 1.165) is 49.3 Å². The van der Waals surface area contributed by atoms with Crippen molar-refractivity contribution in [2.24, 2.45) is 0 Å². The Bertz CT molecular complexity index is 889. The van der Waals surface area contributed by atoms with E-state index in [1.807, 2.05) is 12.1 Å². The Morgan fingerprint density at radius 1 is 1.12 bits per heavy atom. The van der Waals surface area contributed by atoms with Gasteiger partial charge in [0.05, 0.1) is 17.6 Å². The van der Waals surface area contributed by atoms with E-state index in [1.54, 1.807) is 4.90 Å². The number of nitrogens with one attached hydrogen (secondary N) is 1. The molecule has 0 amide bonds. The fourth-order valence-electron chi connectivity index (χ4n) is 3.77. The molecule has 2 heterocycles. The van der Waals surface area contributed by atoms with Crippen LogP contribution in [0.3, 0.4) is 0 Å². The van der Waals surface area contributed by atoms with Gasteiger partial charge in [0.2, 0.25) is 5.95 Å². The first-order valence-electron chi connectivity index (χ1n) is 9.53. The summed E-state index contributed by atoms with van der Waals surface area (Å²) in [6.45, 7) is 6.40. The van der Waals surface area contributed by atoms with E-state index in [2.05, 4.69) is 52.8 Å². The first-order chi connectivity index (χ1) is 12.7. The van der Waals surface area contributed by atoms with E-state index in [9.17, 15) is 0 Å². The predicted octanol–water partition coefficient (Wildman–Crippen LogP) is 3.35. The van der Waals surface area contributed by atoms with E-state index in [0.29, 0.717) is 0 Å². The molecule has 26 heavy (non-hydrogen) atoms. The van der Waals surface area contributed by atoms with Crippen LogP contribution in [0.15, 0.2) is 48.5 Å². The SMILES string of the molecule is CCCCN1C[NH+](CCc2cccc(Cl)c2)Cn2c1nc1ccccc12. The number of halogens is 1. The van der Waals surface area contributed by atoms with Gasteiger partial charge in [0.25, 0.3) is 0 Å². The Morgan fingerprint density at radius 3 is 2.85 bits per heavy atom. The van der Waals surface area contributed by atoms with Gasteiger partial charge in [-0.15, -0.1) is 0 Å². The lowest BCUT2D eigenvalue weighted by molar-refractivity contribution is -0.924. The second kappa shape index (κ2) is 7.68. The molecule has 1 N–H and O–H groups in total. The highest BCUT2D eigenvalue weighted by molar-refractivity contribution is 6.30. The number of quaternary nitrogens is 1. The molecule has 136 valence electrons. The quantitative estimate of drug-likeness (QED) is 0.721. The predicted molar refractivity (Wildman–Crippen MR) is 108 cm³/mol. The number of para-hydroxylation sites is 2. The van der Waals surface area contributed by atoms with E-state index < -0.39 is 0 Å². The van der Waals surface area contributed by atoms with Gasteiger partial charge in [-0.05, 0) is 36.2 Å². The minimum Gasteiger partial charge on any atom is -0.300 e. The molecular weight excluding hydrogens is 344 g/mol. The molecule has 1 aliphatic rings. The topological polar surface area (TPSA) is 25.5 Å². The maximum absolute atomic E-state index is 6.14. The van der Waals surface area contributed by atoms with Gasteiger partial charge in [0, 0.05) is 18.0 Å². The summed E-state index contributed by atoms with van der Waals surface area (Å²) >= 11 is 6.14. The van der Waals surface area contributed by atoms with Crippen molar-refractivity contribution in [2.75, 3.05) is 24.7 Å². The molecule has 1 unspecified atom stereocenters. The number of fused-ring (bicyclic) bond motifs is 3. The molecule has 0 radical (unpaired) electrons. The van der Waals surface area contributed by atoms with E-state index in [-0.39, 0.29) is 0 Å². The van der Waals surface area contributed by atoms with Crippen LogP contribution in [-0.4, -0.2) is 29.3 Å². The van der Waals surface area contributed by atoms with Crippen molar-refractivity contribution in [3.05, 3.63) is 59.1 Å². The molecule has 5 heteroatoms. The Labute approximate surface area is 160 Å². The van der Waals surface area contributed by atoms with Crippen LogP contribution in [0.2, 0.25) is 5.02 Å². The van der Waals surface area contributed by atoms with Crippen molar-refractivity contribution in [2.45, 2.75) is 32.9 Å². The number of nitrogens with zero attached hydrogens (tertiary/aromatic N) is 3. The summed E-state index contributed by atoms with van der Waals surface area (Å²) in [5.74, 6) is 1.13. The number of benzene rings is 2. The van der Waals surface area contributed by atoms with E-state index in [1.165, 1.54) is 23.9 Å². The van der Waals surface area contributed by atoms with Crippen molar-refractivity contribution in [1.82, 2.24) is 9.55 Å². The summed E-state index contributed by atoms with van der Waals surface area (Å²) in [6, 6.07) is 16.7. The molecule has 0 bridgehead atoms. The minimum absolute atomic E-state index is 0.823. The van der Waals surface area contributed by atoms with Gasteiger partial charge in [-0.25, -0.2) is 4.98 Å². The van der Waals surface area contributed by atoms with Gasteiger partial charge in [0.15, 0.2) is 13.3 Å². The summed E-state index contributed by atoms with van der Waals surface area (Å²) in [5, 5.41) is 0.823. The summed E-state index contributed by atoms with van der Waals surface area (Å²) in [7, 11) is 0. The Hall–Kier alpha value is -2.04. The van der Waals surface area contributed by atoms with E-state index >= 15 is 0 Å². The normalized spacial score (nSPS) is 16.8. The zero-order valence-corrected chi connectivity index (χ0v) is 16.0. The van der Waals surface area contributed by atoms with Gasteiger partial charge in [0.1, 0.15) is 0 Å². The molecule has 2 aromatic carbocycles. The number of anilines is 1. The van der Waals surface area contributed by atoms with Crippen LogP contribution in [0.25, 0.3) is 11.0 Å². The Balaban J connectivity index is 1.56. The molecule has 4 nitrogen and oxygen atoms in total. The molecule has 0 saturated carbocycles. The van der Waals surface area contributed by atoms with Crippen LogP contribution < -0.4 is 9.80 Å². The van der Waals surface area contributed by atoms with Crippen molar-refractivity contribution in [3.63, 3.8) is 0 Å². The number of hydrogen-bond donors (Lipinski definition) is 1. The smallest absolute Gasteiger partial charge is 0.215 e. The summed E-state index contributed by atoms with van der Waals surface area (Å²) in [4.78, 5) is 8.94. The highest BCUT2D eigenvalue weighted by atomic mass is 35.5. The fourth-order valence-corrected chi connectivity index (χ4v) is 3.99. The van der Waals surface area contributed by atoms with Crippen LogP contribution >= 0.6 is 11.6 Å². The van der Waals surface area contributed by atoms with Gasteiger partial charge in [-0.2, -0.15) is 0 Å². The third-order valence-corrected chi connectivity index (χ3v) is 5.39. The second-order valence-electron chi connectivity index (χ2n) is 7.14. The molecular formula is C21H26ClN4+. The van der Waals surface area contributed by atoms with Crippen molar-refractivity contribution >= 4 is 28.6 Å². The number of unbranched alkanes of at least 4 members (excludes halogenated alkanes) is 1. The second-order valence-corrected chi connectivity index (χ2v) is 7.58. The molecule has 0 spiro atoms. The van der Waals surface area contributed by atoms with Crippen LogP contribution in [0, 0.1) is 0 Å². The third kappa shape index (κ3) is 3.57. The van der Waals surface area contributed by atoms with Crippen molar-refractivity contribution < 1.29 is 4.90 Å². The molecule has 0 fully saturated rings. The van der Waals surface area contributed by atoms with Gasteiger partial charge >= 0.3 is 0 Å². The average molecular weight is 370 g/mol. The fraction of sp³-hybridized carbons (Fsp3) is 0.381.